The minimum absolute atomic E-state index is 0.229. The zero-order valence-corrected chi connectivity index (χ0v) is 33.8. The lowest BCUT2D eigenvalue weighted by Gasteiger charge is -2.24. The normalized spacial score (nSPS) is 16.2. The molecule has 2 aromatic heterocycles. The first-order valence-corrected chi connectivity index (χ1v) is 20.4. The Bertz CT molecular complexity index is 2410. The number of aromatic nitrogens is 2. The number of carbonyl (C=O) groups is 4. The minimum atomic E-state index is -0.622. The molecule has 6 aromatic rings. The van der Waals surface area contributed by atoms with E-state index in [2.05, 4.69) is 20.6 Å². The molecule has 0 unspecified atom stereocenters. The fourth-order valence-corrected chi connectivity index (χ4v) is 8.11. The van der Waals surface area contributed by atoms with Crippen molar-refractivity contribution in [3.8, 4) is 22.3 Å². The van der Waals surface area contributed by atoms with Crippen molar-refractivity contribution in [3.63, 3.8) is 0 Å². The molecular weight excluding hydrogens is 772 g/mol. The largest absolute Gasteiger partial charge is 0.325 e. The fraction of sp³-hybridized carbons (Fsp3) is 0.184. The van der Waals surface area contributed by atoms with Crippen LogP contribution in [-0.4, -0.2) is 68.6 Å². The number of hydrogen-bond donors (Lipinski definition) is 2. The van der Waals surface area contributed by atoms with E-state index in [-0.39, 0.29) is 29.3 Å². The smallest absolute Gasteiger partial charge is 0.273 e. The monoisotopic (exact) mass is 814 g/mol. The van der Waals surface area contributed by atoms with E-state index < -0.39 is 12.1 Å². The van der Waals surface area contributed by atoms with Gasteiger partial charge in [-0.1, -0.05) is 102 Å². The van der Waals surface area contributed by atoms with Crippen LogP contribution in [0.5, 0.6) is 0 Å². The number of likely N-dealkylation sites (tertiary alicyclic amines) is 2. The van der Waals surface area contributed by atoms with Gasteiger partial charge in [-0.3, -0.25) is 29.1 Å². The number of carbonyl (C=O) groups excluding carboxylic acids is 4. The Morgan fingerprint density at radius 1 is 0.600 bits per heavy atom. The fourth-order valence-electron chi connectivity index (χ4n) is 7.92. The Kier molecular flexibility index (Phi) is 11.9. The third-order valence-corrected chi connectivity index (χ3v) is 11.2. The molecule has 2 saturated heterocycles. The second kappa shape index (κ2) is 17.9. The number of nitrogens with zero attached hydrogens (tertiary/aromatic N) is 4. The molecule has 0 saturated carbocycles. The van der Waals surface area contributed by atoms with E-state index in [1.807, 2.05) is 122 Å². The summed E-state index contributed by atoms with van der Waals surface area (Å²) in [7, 11) is 0. The molecule has 8 rings (SSSR count). The first kappa shape index (κ1) is 39.9. The number of pyridine rings is 2. The summed E-state index contributed by atoms with van der Waals surface area (Å²) in [6.07, 6.45) is 9.70. The summed E-state index contributed by atoms with van der Waals surface area (Å²) in [6, 6.07) is 36.4. The van der Waals surface area contributed by atoms with Crippen molar-refractivity contribution in [1.82, 2.24) is 19.8 Å². The summed E-state index contributed by atoms with van der Waals surface area (Å²) in [5.74, 6) is -1.02. The van der Waals surface area contributed by atoms with Gasteiger partial charge in [0, 0.05) is 53.0 Å². The van der Waals surface area contributed by atoms with Crippen LogP contribution in [0.15, 0.2) is 134 Å². The predicted octanol–water partition coefficient (Wildman–Crippen LogP) is 9.43. The van der Waals surface area contributed by atoms with Gasteiger partial charge in [-0.05, 0) is 103 Å². The van der Waals surface area contributed by atoms with Gasteiger partial charge in [0.25, 0.3) is 11.8 Å². The Balaban J connectivity index is 0.859. The van der Waals surface area contributed by atoms with Crippen molar-refractivity contribution < 1.29 is 19.2 Å². The van der Waals surface area contributed by atoms with E-state index >= 15 is 0 Å². The van der Waals surface area contributed by atoms with Gasteiger partial charge in [-0.15, -0.1) is 0 Å². The summed E-state index contributed by atoms with van der Waals surface area (Å²) in [5.41, 5.74) is 7.94. The highest BCUT2D eigenvalue weighted by atomic mass is 35.5. The lowest BCUT2D eigenvalue weighted by atomic mass is 10.0. The third kappa shape index (κ3) is 8.89. The number of halogens is 1. The molecule has 0 bridgehead atoms. The van der Waals surface area contributed by atoms with Crippen LogP contribution in [0.4, 0.5) is 11.4 Å². The number of aryl methyl sites for hydroxylation is 1. The van der Waals surface area contributed by atoms with Crippen molar-refractivity contribution >= 4 is 58.8 Å². The summed E-state index contributed by atoms with van der Waals surface area (Å²) < 4.78 is 0. The van der Waals surface area contributed by atoms with Crippen molar-refractivity contribution in [2.45, 2.75) is 44.7 Å². The Morgan fingerprint density at radius 2 is 1.07 bits per heavy atom. The Hall–Kier alpha value is -6.91. The van der Waals surface area contributed by atoms with Crippen molar-refractivity contribution in [2.75, 3.05) is 23.7 Å². The third-order valence-electron chi connectivity index (χ3n) is 10.9. The Morgan fingerprint density at radius 3 is 1.53 bits per heavy atom. The summed E-state index contributed by atoms with van der Waals surface area (Å²) in [6.45, 7) is 2.95. The van der Waals surface area contributed by atoms with Crippen LogP contribution in [0.25, 0.3) is 34.4 Å². The van der Waals surface area contributed by atoms with E-state index in [1.54, 1.807) is 40.4 Å². The van der Waals surface area contributed by atoms with Crippen LogP contribution < -0.4 is 10.6 Å². The molecule has 4 aromatic carbocycles. The highest BCUT2D eigenvalue weighted by Gasteiger charge is 2.37. The van der Waals surface area contributed by atoms with Gasteiger partial charge >= 0.3 is 0 Å². The zero-order chi connectivity index (χ0) is 41.6. The quantitative estimate of drug-likeness (QED) is 0.133. The molecule has 2 atom stereocenters. The standard InChI is InChI=1S/C49H43ClN6O4/c1-32-8-2-9-35(30-32)40-12-4-26-51-44(40)48(59)55-28-6-14-42(55)46(57)53-38-22-18-33(19-23-38)16-17-34-20-24-39(25-21-34)54-47(58)43-15-7-29-56(43)49(60)45-41(13-5-27-52-45)36-10-3-11-37(50)31-36/h2-5,8-13,16-27,30-31,42-43H,6-7,14-15,28-29H2,1H3,(H,53,57)(H,54,58)/b17-16+/t42-,43-/m0/s1. The number of benzene rings is 4. The van der Waals surface area contributed by atoms with Gasteiger partial charge in [0.2, 0.25) is 11.8 Å². The molecule has 4 amide bonds. The highest BCUT2D eigenvalue weighted by molar-refractivity contribution is 6.30. The number of amides is 4. The number of nitrogens with one attached hydrogen (secondary N) is 2. The molecule has 11 heteroatoms. The second-order valence-electron chi connectivity index (χ2n) is 15.0. The lowest BCUT2D eigenvalue weighted by Crippen LogP contribution is -2.43. The number of anilines is 2. The summed E-state index contributed by atoms with van der Waals surface area (Å²) in [4.78, 5) is 66.7. The molecule has 0 radical (unpaired) electrons. The van der Waals surface area contributed by atoms with E-state index in [9.17, 15) is 19.2 Å². The highest BCUT2D eigenvalue weighted by Crippen LogP contribution is 2.30. The summed E-state index contributed by atoms with van der Waals surface area (Å²) >= 11 is 6.23. The molecule has 10 nitrogen and oxygen atoms in total. The van der Waals surface area contributed by atoms with Crippen molar-refractivity contribution in [1.29, 1.82) is 0 Å². The average Bonchev–Trinajstić information content (AvgIpc) is 3.98. The second-order valence-corrected chi connectivity index (χ2v) is 15.5. The first-order chi connectivity index (χ1) is 29.2. The number of hydrogen-bond acceptors (Lipinski definition) is 6. The maximum atomic E-state index is 13.8. The molecule has 2 aliphatic rings. The topological polar surface area (TPSA) is 125 Å². The van der Waals surface area contributed by atoms with Gasteiger partial charge in [-0.2, -0.15) is 0 Å². The van der Waals surface area contributed by atoms with Crippen LogP contribution in [0, 0.1) is 6.92 Å². The molecule has 4 heterocycles. The molecular formula is C49H43ClN6O4. The van der Waals surface area contributed by atoms with Crippen molar-refractivity contribution in [2.24, 2.45) is 0 Å². The molecule has 300 valence electrons. The van der Waals surface area contributed by atoms with Gasteiger partial charge in [0.15, 0.2) is 0 Å². The zero-order valence-electron chi connectivity index (χ0n) is 33.1. The maximum Gasteiger partial charge on any atom is 0.273 e. The molecule has 0 aliphatic carbocycles. The van der Waals surface area contributed by atoms with E-state index in [0.29, 0.717) is 60.0 Å². The summed E-state index contributed by atoms with van der Waals surface area (Å²) in [5, 5.41) is 6.55. The predicted molar refractivity (Wildman–Crippen MR) is 236 cm³/mol. The van der Waals surface area contributed by atoms with E-state index in [4.69, 9.17) is 11.6 Å². The van der Waals surface area contributed by atoms with Gasteiger partial charge in [0.05, 0.1) is 0 Å². The lowest BCUT2D eigenvalue weighted by molar-refractivity contribution is -0.120. The van der Waals surface area contributed by atoms with Gasteiger partial charge < -0.3 is 20.4 Å². The van der Waals surface area contributed by atoms with E-state index in [1.165, 1.54) is 0 Å². The van der Waals surface area contributed by atoms with Crippen LogP contribution in [0.1, 0.15) is 63.4 Å². The first-order valence-electron chi connectivity index (χ1n) is 20.1. The van der Waals surface area contributed by atoms with Crippen molar-refractivity contribution in [3.05, 3.63) is 167 Å². The van der Waals surface area contributed by atoms with Crippen LogP contribution in [-0.2, 0) is 9.59 Å². The molecule has 2 aliphatic heterocycles. The van der Waals surface area contributed by atoms with Gasteiger partial charge in [-0.25, -0.2) is 0 Å². The van der Waals surface area contributed by atoms with E-state index in [0.717, 1.165) is 39.8 Å². The van der Waals surface area contributed by atoms with Crippen LogP contribution in [0.2, 0.25) is 5.02 Å². The van der Waals surface area contributed by atoms with Crippen LogP contribution >= 0.6 is 11.6 Å². The van der Waals surface area contributed by atoms with Crippen LogP contribution in [0.3, 0.4) is 0 Å². The van der Waals surface area contributed by atoms with Gasteiger partial charge in [0.1, 0.15) is 23.5 Å². The average molecular weight is 815 g/mol. The number of rotatable bonds is 10. The maximum absolute atomic E-state index is 13.8. The molecule has 60 heavy (non-hydrogen) atoms. The SMILES string of the molecule is Cc1cccc(-c2cccnc2C(=O)N2CCC[C@H]2C(=O)Nc2ccc(/C=C/c3ccc(NC(=O)[C@@H]4CCCN4C(=O)c4ncccc4-c4cccc(Cl)c4)cc3)cc2)c1. The Labute approximate surface area is 353 Å². The minimum Gasteiger partial charge on any atom is -0.325 e. The molecule has 2 N–H and O–H groups in total. The molecule has 2 fully saturated rings. The molecule has 0 spiro atoms.